The zero-order chi connectivity index (χ0) is 16.5. The van der Waals surface area contributed by atoms with Crippen LogP contribution < -0.4 is 28.5 Å². The van der Waals surface area contributed by atoms with Crippen molar-refractivity contribution >= 4 is 21.9 Å². The van der Waals surface area contributed by atoms with Crippen LogP contribution in [0.3, 0.4) is 0 Å². The normalized spacial score (nSPS) is 12.4. The third-order valence-electron chi connectivity index (χ3n) is 4.81. The van der Waals surface area contributed by atoms with Crippen molar-refractivity contribution in [3.63, 3.8) is 0 Å². The van der Waals surface area contributed by atoms with Gasteiger partial charge in [-0.3, -0.25) is 0 Å². The minimum absolute atomic E-state index is 0. The number of para-hydroxylation sites is 1. The van der Waals surface area contributed by atoms with Crippen LogP contribution in [0.15, 0.2) is 65.6 Å². The van der Waals surface area contributed by atoms with E-state index in [1.165, 1.54) is 29.2 Å². The van der Waals surface area contributed by atoms with Crippen molar-refractivity contribution in [2.45, 2.75) is 39.3 Å². The molecule has 1 unspecified atom stereocenters. The van der Waals surface area contributed by atoms with Crippen molar-refractivity contribution in [3.05, 3.63) is 66.7 Å². The van der Waals surface area contributed by atoms with Gasteiger partial charge < -0.3 is 28.4 Å². The van der Waals surface area contributed by atoms with Gasteiger partial charge in [0, 0.05) is 10.8 Å². The average molecular weight is 446 g/mol. The summed E-state index contributed by atoms with van der Waals surface area (Å²) < 4.78 is 10.5. The first-order chi connectivity index (χ1) is 11.8. The summed E-state index contributed by atoms with van der Waals surface area (Å²) in [5.41, 5.74) is 3.21. The lowest BCUT2D eigenvalue weighted by molar-refractivity contribution is -0.696. The summed E-state index contributed by atoms with van der Waals surface area (Å²) in [5.74, 6) is 0. The minimum atomic E-state index is 0. The zero-order valence-corrected chi connectivity index (χ0v) is 16.8. The Morgan fingerprint density at radius 3 is 2.72 bits per heavy atom. The SMILES string of the molecule is CCCC[n+]1ccn(C(C)c2ccc3oc4ccccc4c3c2)c1.[I-]. The number of hydrogen-bond donors (Lipinski definition) is 0. The van der Waals surface area contributed by atoms with E-state index in [-0.39, 0.29) is 24.0 Å². The van der Waals surface area contributed by atoms with Gasteiger partial charge in [0.25, 0.3) is 0 Å². The van der Waals surface area contributed by atoms with Crippen LogP contribution in [0.2, 0.25) is 0 Å². The van der Waals surface area contributed by atoms with Gasteiger partial charge in [0.2, 0.25) is 6.33 Å². The van der Waals surface area contributed by atoms with Gasteiger partial charge in [-0.2, -0.15) is 0 Å². The van der Waals surface area contributed by atoms with E-state index in [9.17, 15) is 0 Å². The van der Waals surface area contributed by atoms with Crippen molar-refractivity contribution in [1.82, 2.24) is 4.57 Å². The summed E-state index contributed by atoms with van der Waals surface area (Å²) in [7, 11) is 0. The van der Waals surface area contributed by atoms with Gasteiger partial charge in [-0.1, -0.05) is 37.6 Å². The highest BCUT2D eigenvalue weighted by Crippen LogP contribution is 2.31. The summed E-state index contributed by atoms with van der Waals surface area (Å²) in [6.45, 7) is 5.56. The second-order valence-electron chi connectivity index (χ2n) is 6.48. The number of aromatic nitrogens is 2. The maximum absolute atomic E-state index is 5.93. The van der Waals surface area contributed by atoms with E-state index in [0.717, 1.165) is 17.7 Å². The van der Waals surface area contributed by atoms with Gasteiger partial charge in [0.15, 0.2) is 0 Å². The van der Waals surface area contributed by atoms with Crippen molar-refractivity contribution in [1.29, 1.82) is 0 Å². The van der Waals surface area contributed by atoms with Gasteiger partial charge in [-0.15, -0.1) is 0 Å². The summed E-state index contributed by atoms with van der Waals surface area (Å²) in [5, 5.41) is 2.38. The Balaban J connectivity index is 0.00000182. The molecule has 25 heavy (non-hydrogen) atoms. The van der Waals surface area contributed by atoms with Crippen LogP contribution >= 0.6 is 0 Å². The summed E-state index contributed by atoms with van der Waals surface area (Å²) in [4.78, 5) is 0. The van der Waals surface area contributed by atoms with Crippen LogP contribution in [0.1, 0.15) is 38.3 Å². The number of fused-ring (bicyclic) bond motifs is 3. The molecule has 4 rings (SSSR count). The highest BCUT2D eigenvalue weighted by molar-refractivity contribution is 6.05. The average Bonchev–Trinajstić information content (AvgIpc) is 3.23. The molecule has 0 aliphatic rings. The van der Waals surface area contributed by atoms with E-state index in [0.29, 0.717) is 6.04 Å². The number of hydrogen-bond acceptors (Lipinski definition) is 1. The second kappa shape index (κ2) is 7.60. The van der Waals surface area contributed by atoms with Crippen molar-refractivity contribution in [2.24, 2.45) is 0 Å². The molecule has 2 aromatic carbocycles. The van der Waals surface area contributed by atoms with Gasteiger partial charge in [0.05, 0.1) is 6.54 Å². The highest BCUT2D eigenvalue weighted by Gasteiger charge is 2.16. The second-order valence-corrected chi connectivity index (χ2v) is 6.48. The third-order valence-corrected chi connectivity index (χ3v) is 4.81. The first kappa shape index (κ1) is 18.0. The molecule has 130 valence electrons. The molecule has 0 saturated heterocycles. The molecule has 0 aliphatic heterocycles. The molecule has 0 spiro atoms. The van der Waals surface area contributed by atoms with Crippen LogP contribution in [0.5, 0.6) is 0 Å². The van der Waals surface area contributed by atoms with Crippen LogP contribution in [0, 0.1) is 0 Å². The molecule has 2 heterocycles. The fourth-order valence-electron chi connectivity index (χ4n) is 3.29. The minimum Gasteiger partial charge on any atom is -1.00 e. The quantitative estimate of drug-likeness (QED) is 0.340. The van der Waals surface area contributed by atoms with Gasteiger partial charge in [-0.05, 0) is 37.1 Å². The number of aryl methyl sites for hydroxylation is 1. The number of unbranched alkanes of at least 4 members (excludes halogenated alkanes) is 1. The molecule has 1 atom stereocenters. The van der Waals surface area contributed by atoms with Crippen LogP contribution in [-0.2, 0) is 6.54 Å². The van der Waals surface area contributed by atoms with E-state index >= 15 is 0 Å². The van der Waals surface area contributed by atoms with Gasteiger partial charge in [0.1, 0.15) is 29.6 Å². The molecule has 0 amide bonds. The fraction of sp³-hybridized carbons (Fsp3) is 0.286. The topological polar surface area (TPSA) is 21.9 Å². The lowest BCUT2D eigenvalue weighted by Gasteiger charge is -2.08. The molecule has 2 aromatic heterocycles. The highest BCUT2D eigenvalue weighted by atomic mass is 127. The third kappa shape index (κ3) is 3.45. The van der Waals surface area contributed by atoms with Crippen LogP contribution in [0.4, 0.5) is 0 Å². The van der Waals surface area contributed by atoms with Gasteiger partial charge in [-0.25, -0.2) is 9.13 Å². The number of rotatable bonds is 5. The molecule has 0 fully saturated rings. The van der Waals surface area contributed by atoms with E-state index in [1.807, 2.05) is 12.1 Å². The van der Waals surface area contributed by atoms with E-state index in [1.54, 1.807) is 0 Å². The number of furan rings is 1. The molecule has 0 aliphatic carbocycles. The summed E-state index contributed by atoms with van der Waals surface area (Å²) in [6.07, 6.45) is 8.97. The first-order valence-electron chi connectivity index (χ1n) is 8.74. The number of nitrogens with zero attached hydrogens (tertiary/aromatic N) is 2. The Hall–Kier alpha value is -1.82. The molecule has 3 nitrogen and oxygen atoms in total. The molecule has 0 saturated carbocycles. The Morgan fingerprint density at radius 1 is 1.08 bits per heavy atom. The predicted octanol–water partition coefficient (Wildman–Crippen LogP) is 2.09. The number of imidazole rings is 1. The number of benzene rings is 2. The van der Waals surface area contributed by atoms with E-state index in [2.05, 4.69) is 72.0 Å². The molecule has 4 aromatic rings. The Morgan fingerprint density at radius 2 is 1.88 bits per heavy atom. The van der Waals surface area contributed by atoms with Crippen LogP contribution in [-0.4, -0.2) is 4.57 Å². The van der Waals surface area contributed by atoms with Crippen LogP contribution in [0.25, 0.3) is 21.9 Å². The Kier molecular flexibility index (Phi) is 5.47. The standard InChI is InChI=1S/C21H23N2O.HI/c1-3-4-11-22-12-13-23(15-22)16(2)17-9-10-21-19(14-17)18-7-5-6-8-20(18)24-21;/h5-10,12-16H,3-4,11H2,1-2H3;1H/q+1;/p-1. The van der Waals surface area contributed by atoms with Crippen molar-refractivity contribution < 1.29 is 33.0 Å². The smallest absolute Gasteiger partial charge is 0.244 e. The molecular formula is C21H23IN2O. The fourth-order valence-corrected chi connectivity index (χ4v) is 3.29. The number of halogens is 1. The predicted molar refractivity (Wildman–Crippen MR) is 97.1 cm³/mol. The maximum Gasteiger partial charge on any atom is 0.244 e. The Labute approximate surface area is 165 Å². The molecule has 0 N–H and O–H groups in total. The largest absolute Gasteiger partial charge is 1.00 e. The van der Waals surface area contributed by atoms with Gasteiger partial charge >= 0.3 is 0 Å². The lowest BCUT2D eigenvalue weighted by atomic mass is 10.0. The van der Waals surface area contributed by atoms with E-state index < -0.39 is 0 Å². The molecule has 4 heteroatoms. The monoisotopic (exact) mass is 446 g/mol. The molecular weight excluding hydrogens is 423 g/mol. The zero-order valence-electron chi connectivity index (χ0n) is 14.7. The Bertz CT molecular complexity index is 986. The molecule has 0 radical (unpaired) electrons. The van der Waals surface area contributed by atoms with Crippen molar-refractivity contribution in [2.75, 3.05) is 0 Å². The van der Waals surface area contributed by atoms with Crippen molar-refractivity contribution in [3.8, 4) is 0 Å². The summed E-state index contributed by atoms with van der Waals surface area (Å²) >= 11 is 0. The lowest BCUT2D eigenvalue weighted by Crippen LogP contribution is -3.00. The van der Waals surface area contributed by atoms with E-state index in [4.69, 9.17) is 4.42 Å². The first-order valence-corrected chi connectivity index (χ1v) is 8.74. The maximum atomic E-state index is 5.93. The summed E-state index contributed by atoms with van der Waals surface area (Å²) in [6, 6.07) is 15.1. The molecule has 0 bridgehead atoms.